The van der Waals surface area contributed by atoms with Gasteiger partial charge in [-0.2, -0.15) is 0 Å². The van der Waals surface area contributed by atoms with Crippen LogP contribution in [0.3, 0.4) is 0 Å². The molecule has 2 atom stereocenters. The van der Waals surface area contributed by atoms with Crippen LogP contribution in [-0.4, -0.2) is 70.3 Å². The molecule has 0 spiro atoms. The van der Waals surface area contributed by atoms with Crippen molar-refractivity contribution in [3.05, 3.63) is 69.7 Å². The first kappa shape index (κ1) is 25.6. The first-order valence-electron chi connectivity index (χ1n) is 14.0. The molecule has 9 nitrogen and oxygen atoms in total. The molecule has 0 amide bonds. The van der Waals surface area contributed by atoms with Crippen molar-refractivity contribution in [2.24, 2.45) is 13.0 Å². The highest BCUT2D eigenvalue weighted by atomic mass is 19.1. The monoisotopic (exact) mass is 554 g/mol. The fourth-order valence-corrected chi connectivity index (χ4v) is 7.19. The zero-order chi connectivity index (χ0) is 28.6. The Balaban J connectivity index is 1.48. The van der Waals surface area contributed by atoms with Crippen LogP contribution in [0.5, 0.6) is 0 Å². The van der Waals surface area contributed by atoms with E-state index in [0.717, 1.165) is 71.8 Å². The van der Waals surface area contributed by atoms with Gasteiger partial charge in [0.05, 0.1) is 16.8 Å². The first-order chi connectivity index (χ1) is 19.7. The van der Waals surface area contributed by atoms with E-state index in [-0.39, 0.29) is 16.8 Å². The highest BCUT2D eigenvalue weighted by Crippen LogP contribution is 2.50. The Kier molecular flexibility index (Phi) is 5.86. The number of piperidine rings is 1. The summed E-state index contributed by atoms with van der Waals surface area (Å²) in [5, 5.41) is 13.0. The molecule has 0 bridgehead atoms. The molecule has 5 heterocycles. The molecule has 3 aromatic heterocycles. The summed E-state index contributed by atoms with van der Waals surface area (Å²) < 4.78 is 16.5. The van der Waals surface area contributed by atoms with Crippen LogP contribution < -0.4 is 15.6 Å². The van der Waals surface area contributed by atoms with Gasteiger partial charge in [-0.25, -0.2) is 14.2 Å². The number of anilines is 2. The van der Waals surface area contributed by atoms with Crippen LogP contribution in [0.1, 0.15) is 34.5 Å². The van der Waals surface area contributed by atoms with Gasteiger partial charge in [-0.3, -0.25) is 9.78 Å². The van der Waals surface area contributed by atoms with Gasteiger partial charge in [-0.1, -0.05) is 0 Å². The van der Waals surface area contributed by atoms with Crippen LogP contribution in [0.4, 0.5) is 15.8 Å². The van der Waals surface area contributed by atoms with E-state index in [1.165, 1.54) is 12.3 Å². The van der Waals surface area contributed by atoms with Gasteiger partial charge in [0.25, 0.3) is 0 Å². The van der Waals surface area contributed by atoms with Crippen LogP contribution in [0, 0.1) is 11.7 Å². The molecule has 4 aromatic rings. The van der Waals surface area contributed by atoms with Crippen LogP contribution in [-0.2, 0) is 13.5 Å². The SMILES string of the molecule is CNc1cc(F)cc2c1Cc1ncc(-c3cnc4c(c3)c(=O)c(C(=O)O)cn4C)c(N3CC4[C@H](CCCN4C)C3)c1-2. The number of likely N-dealkylation sites (tertiary alicyclic amines) is 1. The number of nitrogens with zero attached hydrogens (tertiary/aromatic N) is 5. The topological polar surface area (TPSA) is 104 Å². The van der Waals surface area contributed by atoms with E-state index in [4.69, 9.17) is 4.98 Å². The van der Waals surface area contributed by atoms with Crippen LogP contribution >= 0.6 is 0 Å². The Labute approximate surface area is 236 Å². The Morgan fingerprint density at radius 2 is 1.95 bits per heavy atom. The maximum atomic E-state index is 14.9. The molecule has 2 N–H and O–H groups in total. The van der Waals surface area contributed by atoms with Gasteiger partial charge in [-0.15, -0.1) is 0 Å². The molecule has 1 unspecified atom stereocenters. The lowest BCUT2D eigenvalue weighted by molar-refractivity contribution is 0.0695. The maximum absolute atomic E-state index is 14.9. The largest absolute Gasteiger partial charge is 0.477 e. The van der Waals surface area contributed by atoms with Crippen molar-refractivity contribution in [3.8, 4) is 22.3 Å². The van der Waals surface area contributed by atoms with E-state index < -0.39 is 11.4 Å². The lowest BCUT2D eigenvalue weighted by Gasteiger charge is -2.33. The predicted molar refractivity (Wildman–Crippen MR) is 156 cm³/mol. The van der Waals surface area contributed by atoms with Crippen molar-refractivity contribution < 1.29 is 14.3 Å². The molecule has 0 radical (unpaired) electrons. The van der Waals surface area contributed by atoms with Crippen molar-refractivity contribution in [3.63, 3.8) is 0 Å². The van der Waals surface area contributed by atoms with E-state index in [1.807, 2.05) is 6.20 Å². The van der Waals surface area contributed by atoms with E-state index >= 15 is 0 Å². The molecular weight excluding hydrogens is 523 g/mol. The molecule has 0 saturated carbocycles. The number of likely N-dealkylation sites (N-methyl/N-ethyl adjacent to an activating group) is 1. The number of benzene rings is 1. The number of nitrogens with one attached hydrogen (secondary N) is 1. The van der Waals surface area contributed by atoms with Crippen molar-refractivity contribution >= 4 is 28.4 Å². The van der Waals surface area contributed by atoms with Crippen molar-refractivity contribution in [1.82, 2.24) is 19.4 Å². The number of hydrogen-bond donors (Lipinski definition) is 2. The molecule has 3 aliphatic rings. The fraction of sp³-hybridized carbons (Fsp3) is 0.355. The summed E-state index contributed by atoms with van der Waals surface area (Å²) in [5.74, 6) is -1.07. The molecule has 10 heteroatoms. The van der Waals surface area contributed by atoms with Crippen LogP contribution in [0.15, 0.2) is 41.6 Å². The molecule has 210 valence electrons. The Bertz CT molecular complexity index is 1820. The van der Waals surface area contributed by atoms with Gasteiger partial charge in [0.2, 0.25) is 5.43 Å². The first-order valence-corrected chi connectivity index (χ1v) is 14.0. The number of aromatic nitrogens is 3. The van der Waals surface area contributed by atoms with E-state index in [0.29, 0.717) is 29.6 Å². The average molecular weight is 555 g/mol. The highest BCUT2D eigenvalue weighted by molar-refractivity contribution is 5.98. The van der Waals surface area contributed by atoms with Crippen LogP contribution in [0.2, 0.25) is 0 Å². The van der Waals surface area contributed by atoms with Gasteiger partial charge in [0.1, 0.15) is 17.0 Å². The van der Waals surface area contributed by atoms with E-state index in [1.54, 1.807) is 37.0 Å². The minimum Gasteiger partial charge on any atom is -0.477 e. The average Bonchev–Trinajstić information content (AvgIpc) is 3.56. The quantitative estimate of drug-likeness (QED) is 0.344. The number of rotatable bonds is 4. The van der Waals surface area contributed by atoms with E-state index in [9.17, 15) is 19.1 Å². The molecule has 1 aromatic carbocycles. The minimum atomic E-state index is -1.28. The number of pyridine rings is 3. The predicted octanol–water partition coefficient (Wildman–Crippen LogP) is 3.98. The summed E-state index contributed by atoms with van der Waals surface area (Å²) in [4.78, 5) is 39.3. The fourth-order valence-electron chi connectivity index (χ4n) is 7.19. The third-order valence-corrected chi connectivity index (χ3v) is 9.16. The summed E-state index contributed by atoms with van der Waals surface area (Å²) in [6.07, 6.45) is 7.76. The van der Waals surface area contributed by atoms with Crippen molar-refractivity contribution in [2.75, 3.05) is 43.9 Å². The summed E-state index contributed by atoms with van der Waals surface area (Å²) >= 11 is 0. The maximum Gasteiger partial charge on any atom is 0.341 e. The second-order valence-electron chi connectivity index (χ2n) is 11.5. The lowest BCUT2D eigenvalue weighted by atomic mass is 9.93. The third-order valence-electron chi connectivity index (χ3n) is 9.16. The molecule has 2 aliphatic heterocycles. The van der Waals surface area contributed by atoms with Crippen molar-refractivity contribution in [2.45, 2.75) is 25.3 Å². The standard InChI is InChI=1S/C31H31FN6O3/c1-33-24-9-18(32)8-20-19(24)10-25-27(20)28(38-13-16-5-4-6-36(2)26(16)15-38)22(12-34-25)17-7-21-29(39)23(31(40)41)14-37(3)30(21)35-11-17/h7-9,11-12,14,16,26,33H,4-6,10,13,15H2,1-3H3,(H,40,41)/t16-,26?/m1/s1. The van der Waals surface area contributed by atoms with Crippen molar-refractivity contribution in [1.29, 1.82) is 0 Å². The number of fused-ring (bicyclic) bond motifs is 5. The highest BCUT2D eigenvalue weighted by Gasteiger charge is 2.40. The molecule has 41 heavy (non-hydrogen) atoms. The van der Waals surface area contributed by atoms with Crippen LogP contribution in [0.25, 0.3) is 33.3 Å². The minimum absolute atomic E-state index is 0.232. The normalized spacial score (nSPS) is 19.8. The lowest BCUT2D eigenvalue weighted by Crippen LogP contribution is -2.42. The number of hydrogen-bond acceptors (Lipinski definition) is 7. The second kappa shape index (κ2) is 9.37. The summed E-state index contributed by atoms with van der Waals surface area (Å²) in [5.41, 5.74) is 6.36. The Morgan fingerprint density at radius 1 is 1.12 bits per heavy atom. The number of halogens is 1. The molecular formula is C31H31FN6O3. The molecule has 7 rings (SSSR count). The Hall–Kier alpha value is -4.31. The number of carboxylic acids is 1. The number of aryl methyl sites for hydroxylation is 1. The van der Waals surface area contributed by atoms with E-state index in [2.05, 4.69) is 27.1 Å². The number of aromatic carboxylic acids is 1. The van der Waals surface area contributed by atoms with Gasteiger partial charge in [0, 0.05) is 80.6 Å². The van der Waals surface area contributed by atoms with Gasteiger partial charge in [-0.05, 0) is 61.7 Å². The summed E-state index contributed by atoms with van der Waals surface area (Å²) in [7, 11) is 5.66. The molecule has 2 saturated heterocycles. The summed E-state index contributed by atoms with van der Waals surface area (Å²) in [6, 6.07) is 5.26. The summed E-state index contributed by atoms with van der Waals surface area (Å²) in [6.45, 7) is 2.77. The zero-order valence-electron chi connectivity index (χ0n) is 23.2. The number of carbonyl (C=O) groups is 1. The number of carboxylic acid groups (broad SMARTS) is 1. The Morgan fingerprint density at radius 3 is 2.71 bits per heavy atom. The van der Waals surface area contributed by atoms with Gasteiger partial charge in [0.15, 0.2) is 0 Å². The van der Waals surface area contributed by atoms with Gasteiger partial charge < -0.3 is 24.8 Å². The molecule has 2 fully saturated rings. The zero-order valence-corrected chi connectivity index (χ0v) is 23.2. The van der Waals surface area contributed by atoms with Gasteiger partial charge >= 0.3 is 5.97 Å². The molecule has 1 aliphatic carbocycles. The third kappa shape index (κ3) is 3.92. The second-order valence-corrected chi connectivity index (χ2v) is 11.5. The smallest absolute Gasteiger partial charge is 0.341 e.